The molecule has 0 spiro atoms. The molecular formula is C12H11BrFNO2. The Labute approximate surface area is 107 Å². The molecule has 0 bridgehead atoms. The standard InChI is InChI=1S/C12H11BrFNO2/c1-12(2)6-10(16)15(11(12)17)9-5-7(14)3-4-8(9)13/h3-5H,6H2,1-2H3. The predicted octanol–water partition coefficient (Wildman–Crippen LogP) is 2.88. The summed E-state index contributed by atoms with van der Waals surface area (Å²) in [6, 6.07) is 3.93. The van der Waals surface area contributed by atoms with E-state index in [1.165, 1.54) is 18.2 Å². The predicted molar refractivity (Wildman–Crippen MR) is 65.0 cm³/mol. The van der Waals surface area contributed by atoms with Crippen LogP contribution in [0.3, 0.4) is 0 Å². The van der Waals surface area contributed by atoms with Crippen molar-refractivity contribution in [1.29, 1.82) is 0 Å². The lowest BCUT2D eigenvalue weighted by Crippen LogP contribution is -2.33. The summed E-state index contributed by atoms with van der Waals surface area (Å²) in [5.41, 5.74) is -0.450. The van der Waals surface area contributed by atoms with Gasteiger partial charge in [-0.2, -0.15) is 0 Å². The lowest BCUT2D eigenvalue weighted by Gasteiger charge is -2.18. The van der Waals surface area contributed by atoms with Crippen molar-refractivity contribution in [1.82, 2.24) is 0 Å². The van der Waals surface area contributed by atoms with Crippen molar-refractivity contribution in [3.8, 4) is 0 Å². The third-order valence-electron chi connectivity index (χ3n) is 2.77. The summed E-state index contributed by atoms with van der Waals surface area (Å²) in [5.74, 6) is -1.08. The van der Waals surface area contributed by atoms with E-state index in [4.69, 9.17) is 0 Å². The van der Waals surface area contributed by atoms with Gasteiger partial charge in [0.1, 0.15) is 5.82 Å². The molecule has 17 heavy (non-hydrogen) atoms. The number of benzene rings is 1. The maximum Gasteiger partial charge on any atom is 0.239 e. The Kier molecular flexibility index (Phi) is 2.81. The van der Waals surface area contributed by atoms with Crippen LogP contribution in [-0.2, 0) is 9.59 Å². The molecule has 1 aromatic rings. The number of carbonyl (C=O) groups excluding carboxylic acids is 2. The van der Waals surface area contributed by atoms with Crippen molar-refractivity contribution in [2.24, 2.45) is 5.41 Å². The van der Waals surface area contributed by atoms with Gasteiger partial charge in [-0.25, -0.2) is 9.29 Å². The summed E-state index contributed by atoms with van der Waals surface area (Å²) >= 11 is 3.22. The molecule has 1 aliphatic rings. The summed E-state index contributed by atoms with van der Waals surface area (Å²) in [6.07, 6.45) is 0.148. The summed E-state index contributed by atoms with van der Waals surface area (Å²) in [4.78, 5) is 24.9. The molecule has 0 aliphatic carbocycles. The Morgan fingerprint density at radius 2 is 2.00 bits per heavy atom. The van der Waals surface area contributed by atoms with E-state index in [1.54, 1.807) is 13.8 Å². The minimum absolute atomic E-state index is 0.148. The molecular weight excluding hydrogens is 289 g/mol. The number of nitrogens with zero attached hydrogens (tertiary/aromatic N) is 1. The van der Waals surface area contributed by atoms with Crippen molar-refractivity contribution in [3.63, 3.8) is 0 Å². The van der Waals surface area contributed by atoms with Gasteiger partial charge in [0.15, 0.2) is 0 Å². The van der Waals surface area contributed by atoms with E-state index in [1.807, 2.05) is 0 Å². The molecule has 0 saturated carbocycles. The minimum Gasteiger partial charge on any atom is -0.274 e. The summed E-state index contributed by atoms with van der Waals surface area (Å²) in [7, 11) is 0. The normalized spacial score (nSPS) is 18.9. The van der Waals surface area contributed by atoms with E-state index in [0.717, 1.165) is 4.90 Å². The molecule has 0 unspecified atom stereocenters. The fourth-order valence-corrected chi connectivity index (χ4v) is 2.27. The second-order valence-electron chi connectivity index (χ2n) is 4.69. The average Bonchev–Trinajstić information content (AvgIpc) is 2.41. The van der Waals surface area contributed by atoms with Crippen LogP contribution in [0.2, 0.25) is 0 Å². The fraction of sp³-hybridized carbons (Fsp3) is 0.333. The molecule has 2 rings (SSSR count). The van der Waals surface area contributed by atoms with Gasteiger partial charge < -0.3 is 0 Å². The second kappa shape index (κ2) is 3.91. The van der Waals surface area contributed by atoms with Crippen LogP contribution in [-0.4, -0.2) is 11.8 Å². The highest BCUT2D eigenvalue weighted by atomic mass is 79.9. The third-order valence-corrected chi connectivity index (χ3v) is 3.44. The fourth-order valence-electron chi connectivity index (χ4n) is 1.85. The molecule has 1 saturated heterocycles. The number of anilines is 1. The number of imide groups is 1. The smallest absolute Gasteiger partial charge is 0.239 e. The van der Waals surface area contributed by atoms with Crippen LogP contribution in [0.15, 0.2) is 22.7 Å². The van der Waals surface area contributed by atoms with Gasteiger partial charge in [0.05, 0.1) is 11.1 Å². The Bertz CT molecular complexity index is 513. The van der Waals surface area contributed by atoms with Crippen LogP contribution in [0.5, 0.6) is 0 Å². The molecule has 0 atom stereocenters. The molecule has 1 aliphatic heterocycles. The van der Waals surface area contributed by atoms with Gasteiger partial charge in [-0.15, -0.1) is 0 Å². The molecule has 0 aromatic heterocycles. The van der Waals surface area contributed by atoms with Crippen molar-refractivity contribution < 1.29 is 14.0 Å². The number of carbonyl (C=O) groups is 2. The van der Waals surface area contributed by atoms with Gasteiger partial charge in [-0.1, -0.05) is 13.8 Å². The summed E-state index contributed by atoms with van der Waals surface area (Å²) < 4.78 is 13.7. The minimum atomic E-state index is -0.719. The highest BCUT2D eigenvalue weighted by molar-refractivity contribution is 9.10. The number of hydrogen-bond donors (Lipinski definition) is 0. The quantitative estimate of drug-likeness (QED) is 0.748. The number of amides is 2. The third kappa shape index (κ3) is 1.99. The van der Waals surface area contributed by atoms with Gasteiger partial charge in [0.2, 0.25) is 11.8 Å². The Morgan fingerprint density at radius 3 is 2.53 bits per heavy atom. The maximum absolute atomic E-state index is 13.2. The van der Waals surface area contributed by atoms with Gasteiger partial charge in [0, 0.05) is 10.9 Å². The van der Waals surface area contributed by atoms with Crippen LogP contribution in [0, 0.1) is 11.2 Å². The first-order valence-corrected chi connectivity index (χ1v) is 5.95. The molecule has 1 aromatic carbocycles. The SMILES string of the molecule is CC1(C)CC(=O)N(c2cc(F)ccc2Br)C1=O. The Balaban J connectivity index is 2.51. The number of rotatable bonds is 1. The lowest BCUT2D eigenvalue weighted by molar-refractivity contribution is -0.124. The molecule has 90 valence electrons. The molecule has 0 N–H and O–H groups in total. The van der Waals surface area contributed by atoms with Crippen LogP contribution in [0.25, 0.3) is 0 Å². The van der Waals surface area contributed by atoms with E-state index in [9.17, 15) is 14.0 Å². The highest BCUT2D eigenvalue weighted by Gasteiger charge is 2.46. The van der Waals surface area contributed by atoms with Crippen LogP contribution < -0.4 is 4.90 Å². The van der Waals surface area contributed by atoms with Crippen LogP contribution in [0.4, 0.5) is 10.1 Å². The van der Waals surface area contributed by atoms with Gasteiger partial charge in [-0.3, -0.25) is 9.59 Å². The number of halogens is 2. The zero-order valence-corrected chi connectivity index (χ0v) is 11.0. The van der Waals surface area contributed by atoms with Crippen molar-refractivity contribution in [2.75, 3.05) is 4.90 Å². The highest BCUT2D eigenvalue weighted by Crippen LogP contribution is 2.38. The molecule has 1 fully saturated rings. The van der Waals surface area contributed by atoms with E-state index >= 15 is 0 Å². The van der Waals surface area contributed by atoms with Crippen molar-refractivity contribution in [3.05, 3.63) is 28.5 Å². The van der Waals surface area contributed by atoms with Gasteiger partial charge in [-0.05, 0) is 34.1 Å². The molecule has 2 amide bonds. The largest absolute Gasteiger partial charge is 0.274 e. The molecule has 3 nitrogen and oxygen atoms in total. The van der Waals surface area contributed by atoms with Crippen molar-refractivity contribution in [2.45, 2.75) is 20.3 Å². The zero-order chi connectivity index (χ0) is 12.8. The lowest BCUT2D eigenvalue weighted by atomic mass is 9.92. The van der Waals surface area contributed by atoms with Gasteiger partial charge in [0.25, 0.3) is 0 Å². The molecule has 1 heterocycles. The van der Waals surface area contributed by atoms with E-state index < -0.39 is 11.2 Å². The summed E-state index contributed by atoms with van der Waals surface area (Å²) in [5, 5.41) is 0. The first kappa shape index (κ1) is 12.2. The Morgan fingerprint density at radius 1 is 1.35 bits per heavy atom. The second-order valence-corrected chi connectivity index (χ2v) is 5.55. The Hall–Kier alpha value is -1.23. The first-order chi connectivity index (χ1) is 7.83. The van der Waals surface area contributed by atoms with E-state index in [2.05, 4.69) is 15.9 Å². The molecule has 5 heteroatoms. The topological polar surface area (TPSA) is 37.4 Å². The van der Waals surface area contributed by atoms with Crippen LogP contribution >= 0.6 is 15.9 Å². The maximum atomic E-state index is 13.2. The number of hydrogen-bond acceptors (Lipinski definition) is 2. The van der Waals surface area contributed by atoms with Crippen LogP contribution in [0.1, 0.15) is 20.3 Å². The molecule has 0 radical (unpaired) electrons. The monoisotopic (exact) mass is 299 g/mol. The zero-order valence-electron chi connectivity index (χ0n) is 9.46. The van der Waals surface area contributed by atoms with E-state index in [-0.39, 0.29) is 23.9 Å². The average molecular weight is 300 g/mol. The van der Waals surface area contributed by atoms with Gasteiger partial charge >= 0.3 is 0 Å². The van der Waals surface area contributed by atoms with Crippen molar-refractivity contribution >= 4 is 33.4 Å². The first-order valence-electron chi connectivity index (χ1n) is 5.15. The summed E-state index contributed by atoms with van der Waals surface area (Å²) in [6.45, 7) is 3.42. The van der Waals surface area contributed by atoms with E-state index in [0.29, 0.717) is 4.47 Å².